The Hall–Kier alpha value is -1.81. The number of benzene rings is 1. The Morgan fingerprint density at radius 2 is 2.18 bits per heavy atom. The molecule has 0 bridgehead atoms. The van der Waals surface area contributed by atoms with Gasteiger partial charge in [0.1, 0.15) is 0 Å². The number of rotatable bonds is 4. The first kappa shape index (κ1) is 16.6. The second-order valence-corrected chi connectivity index (χ2v) is 5.96. The molecule has 0 N–H and O–H groups in total. The minimum atomic E-state index is -0.543. The maximum atomic E-state index is 12.0. The molecule has 1 atom stereocenters. The summed E-state index contributed by atoms with van der Waals surface area (Å²) in [7, 11) is 0. The molecule has 5 heteroatoms. The van der Waals surface area contributed by atoms with E-state index in [-0.39, 0.29) is 12.5 Å². The fourth-order valence-electron chi connectivity index (χ4n) is 2.46. The summed E-state index contributed by atoms with van der Waals surface area (Å²) in [5.41, 5.74) is 0.734. The van der Waals surface area contributed by atoms with Crippen LogP contribution < -0.4 is 0 Å². The van der Waals surface area contributed by atoms with Crippen molar-refractivity contribution in [2.45, 2.75) is 19.8 Å². The second kappa shape index (κ2) is 7.99. The predicted molar refractivity (Wildman–Crippen MR) is 86.4 cm³/mol. The molecule has 0 radical (unpaired) electrons. The van der Waals surface area contributed by atoms with E-state index in [9.17, 15) is 9.59 Å². The Labute approximate surface area is 135 Å². The highest BCUT2D eigenvalue weighted by atomic mass is 35.5. The summed E-state index contributed by atoms with van der Waals surface area (Å²) >= 11 is 5.99. The molecule has 1 aliphatic rings. The Bertz CT molecular complexity index is 571. The maximum absolute atomic E-state index is 12.0. The van der Waals surface area contributed by atoms with Crippen LogP contribution in [0.1, 0.15) is 25.3 Å². The molecule has 1 saturated heterocycles. The van der Waals surface area contributed by atoms with E-state index in [0.29, 0.717) is 10.9 Å². The van der Waals surface area contributed by atoms with E-state index in [1.54, 1.807) is 23.1 Å². The fraction of sp³-hybridized carbons (Fsp3) is 0.412. The first-order valence-electron chi connectivity index (χ1n) is 7.43. The van der Waals surface area contributed by atoms with Crippen molar-refractivity contribution >= 4 is 29.6 Å². The number of likely N-dealkylation sites (tertiary alicyclic amines) is 1. The lowest BCUT2D eigenvalue weighted by atomic mass is 10.0. The Morgan fingerprint density at radius 3 is 2.91 bits per heavy atom. The fourth-order valence-corrected chi connectivity index (χ4v) is 2.66. The van der Waals surface area contributed by atoms with Crippen LogP contribution in [0.4, 0.5) is 0 Å². The molecule has 22 heavy (non-hydrogen) atoms. The molecule has 1 aliphatic heterocycles. The molecule has 0 aliphatic carbocycles. The number of halogens is 1. The highest BCUT2D eigenvalue weighted by Gasteiger charge is 2.21. The minimum Gasteiger partial charge on any atom is -0.452 e. The van der Waals surface area contributed by atoms with Gasteiger partial charge in [0.15, 0.2) is 6.61 Å². The molecule has 1 amide bonds. The van der Waals surface area contributed by atoms with Gasteiger partial charge in [0, 0.05) is 24.2 Å². The smallest absolute Gasteiger partial charge is 0.331 e. The minimum absolute atomic E-state index is 0.133. The van der Waals surface area contributed by atoms with Crippen LogP contribution in [-0.2, 0) is 14.3 Å². The summed E-state index contributed by atoms with van der Waals surface area (Å²) in [5, 5.41) is 0.560. The van der Waals surface area contributed by atoms with Crippen molar-refractivity contribution in [2.75, 3.05) is 19.7 Å². The van der Waals surface area contributed by atoms with Gasteiger partial charge in [-0.25, -0.2) is 4.79 Å². The summed E-state index contributed by atoms with van der Waals surface area (Å²) in [4.78, 5) is 25.4. The van der Waals surface area contributed by atoms with E-state index >= 15 is 0 Å². The van der Waals surface area contributed by atoms with Crippen molar-refractivity contribution < 1.29 is 14.3 Å². The van der Waals surface area contributed by atoms with Crippen LogP contribution in [0.2, 0.25) is 5.02 Å². The van der Waals surface area contributed by atoms with E-state index in [0.717, 1.165) is 31.5 Å². The van der Waals surface area contributed by atoms with Crippen LogP contribution in [0.5, 0.6) is 0 Å². The van der Waals surface area contributed by atoms with Gasteiger partial charge in [-0.2, -0.15) is 0 Å². The molecule has 118 valence electrons. The van der Waals surface area contributed by atoms with Crippen LogP contribution in [0.25, 0.3) is 6.08 Å². The van der Waals surface area contributed by atoms with E-state index in [4.69, 9.17) is 16.3 Å². The molecular weight excluding hydrogens is 302 g/mol. The molecule has 0 saturated carbocycles. The molecule has 0 spiro atoms. The Morgan fingerprint density at radius 1 is 1.41 bits per heavy atom. The topological polar surface area (TPSA) is 46.6 Å². The molecule has 0 unspecified atom stereocenters. The van der Waals surface area contributed by atoms with Gasteiger partial charge < -0.3 is 9.64 Å². The number of hydrogen-bond acceptors (Lipinski definition) is 3. The molecule has 1 heterocycles. The van der Waals surface area contributed by atoms with Gasteiger partial charge >= 0.3 is 5.97 Å². The summed E-state index contributed by atoms with van der Waals surface area (Å²) < 4.78 is 4.99. The number of piperidine rings is 1. The highest BCUT2D eigenvalue weighted by molar-refractivity contribution is 6.32. The standard InChI is InChI=1S/C17H20ClNO3/c1-13-5-4-10-19(11-13)16(20)12-22-17(21)9-8-14-6-2-3-7-15(14)18/h2-3,6-9,13H,4-5,10-12H2,1H3/b9-8+/t13-/m0/s1. The molecule has 1 fully saturated rings. The van der Waals surface area contributed by atoms with Gasteiger partial charge in [-0.1, -0.05) is 36.7 Å². The molecule has 1 aromatic carbocycles. The lowest BCUT2D eigenvalue weighted by molar-refractivity contribution is -0.149. The summed E-state index contributed by atoms with van der Waals surface area (Å²) in [6.45, 7) is 3.40. The summed E-state index contributed by atoms with van der Waals surface area (Å²) in [6.07, 6.45) is 5.02. The third-order valence-electron chi connectivity index (χ3n) is 3.65. The summed E-state index contributed by atoms with van der Waals surface area (Å²) in [5.74, 6) is -0.169. The van der Waals surface area contributed by atoms with Gasteiger partial charge in [-0.05, 0) is 36.5 Å². The number of carbonyl (C=O) groups excluding carboxylic acids is 2. The number of nitrogens with zero attached hydrogens (tertiary/aromatic N) is 1. The van der Waals surface area contributed by atoms with Crippen LogP contribution >= 0.6 is 11.6 Å². The van der Waals surface area contributed by atoms with Crippen molar-refractivity contribution in [1.29, 1.82) is 0 Å². The lowest BCUT2D eigenvalue weighted by Crippen LogP contribution is -2.41. The maximum Gasteiger partial charge on any atom is 0.331 e. The van der Waals surface area contributed by atoms with Crippen molar-refractivity contribution in [3.63, 3.8) is 0 Å². The average molecular weight is 322 g/mol. The van der Waals surface area contributed by atoms with Crippen molar-refractivity contribution in [1.82, 2.24) is 4.90 Å². The Kier molecular flexibility index (Phi) is 6.01. The van der Waals surface area contributed by atoms with Gasteiger partial charge in [0.2, 0.25) is 0 Å². The SMILES string of the molecule is C[C@H]1CCCN(C(=O)COC(=O)/C=C/c2ccccc2Cl)C1. The summed E-state index contributed by atoms with van der Waals surface area (Å²) in [6, 6.07) is 7.19. The molecule has 4 nitrogen and oxygen atoms in total. The zero-order valence-electron chi connectivity index (χ0n) is 12.6. The second-order valence-electron chi connectivity index (χ2n) is 5.55. The number of amides is 1. The van der Waals surface area contributed by atoms with Crippen LogP contribution in [-0.4, -0.2) is 36.5 Å². The first-order valence-corrected chi connectivity index (χ1v) is 7.81. The van der Waals surface area contributed by atoms with Gasteiger partial charge in [0.25, 0.3) is 5.91 Å². The normalized spacial score (nSPS) is 18.5. The Balaban J connectivity index is 1.80. The molecular formula is C17H20ClNO3. The average Bonchev–Trinajstić information content (AvgIpc) is 2.52. The zero-order chi connectivity index (χ0) is 15.9. The number of ether oxygens (including phenoxy) is 1. The van der Waals surface area contributed by atoms with Crippen LogP contribution in [0.3, 0.4) is 0 Å². The highest BCUT2D eigenvalue weighted by Crippen LogP contribution is 2.17. The zero-order valence-corrected chi connectivity index (χ0v) is 13.4. The monoisotopic (exact) mass is 321 g/mol. The quantitative estimate of drug-likeness (QED) is 0.632. The molecule has 1 aromatic rings. The van der Waals surface area contributed by atoms with Crippen molar-refractivity contribution in [2.24, 2.45) is 5.92 Å². The third-order valence-corrected chi connectivity index (χ3v) is 4.00. The first-order chi connectivity index (χ1) is 10.6. The van der Waals surface area contributed by atoms with Crippen LogP contribution in [0, 0.1) is 5.92 Å². The van der Waals surface area contributed by atoms with Gasteiger partial charge in [-0.15, -0.1) is 0 Å². The van der Waals surface area contributed by atoms with Gasteiger partial charge in [-0.3, -0.25) is 4.79 Å². The largest absolute Gasteiger partial charge is 0.452 e. The van der Waals surface area contributed by atoms with Crippen molar-refractivity contribution in [3.8, 4) is 0 Å². The number of hydrogen-bond donors (Lipinski definition) is 0. The van der Waals surface area contributed by atoms with Crippen molar-refractivity contribution in [3.05, 3.63) is 40.9 Å². The third kappa shape index (κ3) is 4.88. The molecule has 2 rings (SSSR count). The predicted octanol–water partition coefficient (Wildman–Crippen LogP) is 3.15. The van der Waals surface area contributed by atoms with E-state index in [1.165, 1.54) is 6.08 Å². The van der Waals surface area contributed by atoms with Crippen LogP contribution in [0.15, 0.2) is 30.3 Å². The molecule has 0 aromatic heterocycles. The number of carbonyl (C=O) groups is 2. The van der Waals surface area contributed by atoms with E-state index in [1.807, 2.05) is 12.1 Å². The van der Waals surface area contributed by atoms with Gasteiger partial charge in [0.05, 0.1) is 0 Å². The lowest BCUT2D eigenvalue weighted by Gasteiger charge is -2.30. The van der Waals surface area contributed by atoms with E-state index in [2.05, 4.69) is 6.92 Å². The number of esters is 1. The van der Waals surface area contributed by atoms with E-state index < -0.39 is 5.97 Å².